The summed E-state index contributed by atoms with van der Waals surface area (Å²) in [4.78, 5) is 8.17. The number of halogens is 2. The summed E-state index contributed by atoms with van der Waals surface area (Å²) in [6.07, 6.45) is 5.23. The molecule has 0 fully saturated rings. The normalized spacial score (nSPS) is 12.4. The van der Waals surface area contributed by atoms with Gasteiger partial charge in [0.2, 0.25) is 0 Å². The quantitative estimate of drug-likeness (QED) is 0.891. The molecule has 0 aliphatic carbocycles. The van der Waals surface area contributed by atoms with E-state index in [4.69, 9.17) is 0 Å². The maximum absolute atomic E-state index is 4.08. The SMILES string of the molecule is CCNC(c1cncnc1)c1cc(Br)cc(Br)c1. The van der Waals surface area contributed by atoms with Gasteiger partial charge in [-0.15, -0.1) is 0 Å². The van der Waals surface area contributed by atoms with Crippen molar-refractivity contribution < 1.29 is 0 Å². The van der Waals surface area contributed by atoms with Crippen LogP contribution in [0.2, 0.25) is 0 Å². The Labute approximate surface area is 123 Å². The van der Waals surface area contributed by atoms with Gasteiger partial charge in [0.15, 0.2) is 0 Å². The molecule has 2 aromatic rings. The zero-order valence-electron chi connectivity index (χ0n) is 9.90. The fourth-order valence-electron chi connectivity index (χ4n) is 1.83. The van der Waals surface area contributed by atoms with Crippen molar-refractivity contribution in [1.29, 1.82) is 0 Å². The van der Waals surface area contributed by atoms with E-state index in [1.54, 1.807) is 6.33 Å². The molecular weight excluding hydrogens is 358 g/mol. The molecule has 0 spiro atoms. The molecule has 1 aromatic heterocycles. The Morgan fingerprint density at radius 1 is 1.06 bits per heavy atom. The topological polar surface area (TPSA) is 37.8 Å². The van der Waals surface area contributed by atoms with Gasteiger partial charge in [0.05, 0.1) is 6.04 Å². The van der Waals surface area contributed by atoms with Crippen molar-refractivity contribution in [2.75, 3.05) is 6.54 Å². The molecule has 0 amide bonds. The first-order chi connectivity index (χ1) is 8.70. The van der Waals surface area contributed by atoms with E-state index in [0.717, 1.165) is 21.1 Å². The Morgan fingerprint density at radius 2 is 1.67 bits per heavy atom. The van der Waals surface area contributed by atoms with Crippen molar-refractivity contribution in [2.45, 2.75) is 13.0 Å². The second-order valence-corrected chi connectivity index (χ2v) is 5.70. The minimum absolute atomic E-state index is 0.102. The highest BCUT2D eigenvalue weighted by Gasteiger charge is 2.14. The molecule has 1 unspecified atom stereocenters. The van der Waals surface area contributed by atoms with Crippen LogP contribution in [0.3, 0.4) is 0 Å². The average Bonchev–Trinajstić information content (AvgIpc) is 2.36. The maximum Gasteiger partial charge on any atom is 0.115 e. The fraction of sp³-hybridized carbons (Fsp3) is 0.231. The van der Waals surface area contributed by atoms with Gasteiger partial charge in [0.1, 0.15) is 6.33 Å². The highest BCUT2D eigenvalue weighted by molar-refractivity contribution is 9.11. The van der Waals surface area contributed by atoms with E-state index < -0.39 is 0 Å². The van der Waals surface area contributed by atoms with Crippen molar-refractivity contribution in [3.8, 4) is 0 Å². The maximum atomic E-state index is 4.08. The molecule has 1 N–H and O–H groups in total. The van der Waals surface area contributed by atoms with Crippen LogP contribution < -0.4 is 5.32 Å². The summed E-state index contributed by atoms with van der Waals surface area (Å²) in [5, 5.41) is 3.45. The third kappa shape index (κ3) is 3.37. The van der Waals surface area contributed by atoms with Crippen molar-refractivity contribution in [3.63, 3.8) is 0 Å². The molecule has 0 bridgehead atoms. The Bertz CT molecular complexity index is 497. The molecule has 0 aliphatic rings. The molecule has 18 heavy (non-hydrogen) atoms. The molecule has 5 heteroatoms. The van der Waals surface area contributed by atoms with Crippen molar-refractivity contribution >= 4 is 31.9 Å². The summed E-state index contributed by atoms with van der Waals surface area (Å²) in [7, 11) is 0. The smallest absolute Gasteiger partial charge is 0.115 e. The molecule has 0 aliphatic heterocycles. The van der Waals surface area contributed by atoms with Crippen LogP contribution in [0.1, 0.15) is 24.1 Å². The lowest BCUT2D eigenvalue weighted by Crippen LogP contribution is -2.22. The predicted molar refractivity (Wildman–Crippen MR) is 79.4 cm³/mol. The van der Waals surface area contributed by atoms with E-state index in [-0.39, 0.29) is 6.04 Å². The average molecular weight is 371 g/mol. The van der Waals surface area contributed by atoms with Crippen LogP contribution >= 0.6 is 31.9 Å². The number of hydrogen-bond donors (Lipinski definition) is 1. The summed E-state index contributed by atoms with van der Waals surface area (Å²) < 4.78 is 2.10. The monoisotopic (exact) mass is 369 g/mol. The molecule has 2 rings (SSSR count). The van der Waals surface area contributed by atoms with Crippen molar-refractivity contribution in [3.05, 3.63) is 57.0 Å². The van der Waals surface area contributed by atoms with Gasteiger partial charge >= 0.3 is 0 Å². The first-order valence-corrected chi connectivity index (χ1v) is 7.23. The van der Waals surface area contributed by atoms with E-state index >= 15 is 0 Å². The van der Waals surface area contributed by atoms with Gasteiger partial charge in [-0.25, -0.2) is 9.97 Å². The van der Waals surface area contributed by atoms with E-state index in [1.165, 1.54) is 5.56 Å². The predicted octanol–water partition coefficient (Wildman–Crippen LogP) is 3.70. The minimum atomic E-state index is 0.102. The number of benzene rings is 1. The highest BCUT2D eigenvalue weighted by atomic mass is 79.9. The Balaban J connectivity index is 2.41. The van der Waals surface area contributed by atoms with Gasteiger partial charge in [-0.3, -0.25) is 0 Å². The molecule has 3 nitrogen and oxygen atoms in total. The number of nitrogens with one attached hydrogen (secondary N) is 1. The van der Waals surface area contributed by atoms with Crippen LogP contribution in [0, 0.1) is 0 Å². The molecule has 1 heterocycles. The largest absolute Gasteiger partial charge is 0.306 e. The summed E-state index contributed by atoms with van der Waals surface area (Å²) in [5.41, 5.74) is 2.23. The zero-order valence-corrected chi connectivity index (χ0v) is 13.1. The lowest BCUT2D eigenvalue weighted by Gasteiger charge is -2.18. The molecule has 0 radical (unpaired) electrons. The number of aromatic nitrogens is 2. The van der Waals surface area contributed by atoms with E-state index in [9.17, 15) is 0 Å². The van der Waals surface area contributed by atoms with E-state index in [0.29, 0.717) is 0 Å². The lowest BCUT2D eigenvalue weighted by atomic mass is 10.0. The Kier molecular flexibility index (Phi) is 4.86. The summed E-state index contributed by atoms with van der Waals surface area (Å²) in [5.74, 6) is 0. The third-order valence-corrected chi connectivity index (χ3v) is 3.46. The molecular formula is C13H13Br2N3. The minimum Gasteiger partial charge on any atom is -0.306 e. The van der Waals surface area contributed by atoms with Crippen LogP contribution in [-0.4, -0.2) is 16.5 Å². The first kappa shape index (κ1) is 13.6. The van der Waals surface area contributed by atoms with Gasteiger partial charge in [-0.2, -0.15) is 0 Å². The Hall–Kier alpha value is -0.780. The van der Waals surface area contributed by atoms with Gasteiger partial charge in [-0.05, 0) is 30.3 Å². The van der Waals surface area contributed by atoms with E-state index in [2.05, 4.69) is 66.2 Å². The number of nitrogens with zero attached hydrogens (tertiary/aromatic N) is 2. The van der Waals surface area contributed by atoms with Crippen LogP contribution in [0.5, 0.6) is 0 Å². The van der Waals surface area contributed by atoms with Gasteiger partial charge in [0, 0.05) is 26.9 Å². The van der Waals surface area contributed by atoms with Gasteiger partial charge in [-0.1, -0.05) is 38.8 Å². The highest BCUT2D eigenvalue weighted by Crippen LogP contribution is 2.27. The number of rotatable bonds is 4. The third-order valence-electron chi connectivity index (χ3n) is 2.54. The summed E-state index contributed by atoms with van der Waals surface area (Å²) in [6, 6.07) is 6.33. The molecule has 1 aromatic carbocycles. The summed E-state index contributed by atoms with van der Waals surface area (Å²) in [6.45, 7) is 2.97. The number of hydrogen-bond acceptors (Lipinski definition) is 3. The second-order valence-electron chi connectivity index (χ2n) is 3.87. The second kappa shape index (κ2) is 6.41. The van der Waals surface area contributed by atoms with Crippen molar-refractivity contribution in [2.24, 2.45) is 0 Å². The Morgan fingerprint density at radius 3 is 2.22 bits per heavy atom. The fourth-order valence-corrected chi connectivity index (χ4v) is 3.16. The molecule has 94 valence electrons. The summed E-state index contributed by atoms with van der Waals surface area (Å²) >= 11 is 7.03. The van der Waals surface area contributed by atoms with Crippen LogP contribution in [0.15, 0.2) is 45.9 Å². The van der Waals surface area contributed by atoms with Gasteiger partial charge in [0.25, 0.3) is 0 Å². The molecule has 0 saturated carbocycles. The lowest BCUT2D eigenvalue weighted by molar-refractivity contribution is 0.625. The molecule has 1 atom stereocenters. The van der Waals surface area contributed by atoms with E-state index in [1.807, 2.05) is 18.5 Å². The zero-order chi connectivity index (χ0) is 13.0. The molecule has 0 saturated heterocycles. The van der Waals surface area contributed by atoms with Crippen LogP contribution in [0.25, 0.3) is 0 Å². The van der Waals surface area contributed by atoms with Crippen LogP contribution in [-0.2, 0) is 0 Å². The standard InChI is InChI=1S/C13H13Br2N3/c1-2-18-13(10-6-16-8-17-7-10)9-3-11(14)5-12(15)4-9/h3-8,13,18H,2H2,1H3. The first-order valence-electron chi connectivity index (χ1n) is 5.65. The van der Waals surface area contributed by atoms with Crippen LogP contribution in [0.4, 0.5) is 0 Å². The van der Waals surface area contributed by atoms with Gasteiger partial charge < -0.3 is 5.32 Å². The van der Waals surface area contributed by atoms with Crippen molar-refractivity contribution in [1.82, 2.24) is 15.3 Å².